The number of allylic oxidation sites excluding steroid dienone is 8. The van der Waals surface area contributed by atoms with Crippen LogP contribution in [-0.2, 0) is 28.6 Å². The van der Waals surface area contributed by atoms with Crippen LogP contribution in [0.15, 0.2) is 48.6 Å². The topological polar surface area (TPSA) is 78.9 Å². The Balaban J connectivity index is 4.25. The number of carbonyl (C=O) groups excluding carboxylic acids is 3. The van der Waals surface area contributed by atoms with E-state index in [1.54, 1.807) is 0 Å². The molecule has 0 aromatic carbocycles. The zero-order valence-electron chi connectivity index (χ0n) is 51.7. The van der Waals surface area contributed by atoms with Gasteiger partial charge in [0.2, 0.25) is 0 Å². The van der Waals surface area contributed by atoms with Crippen LogP contribution in [0.2, 0.25) is 0 Å². The third-order valence-electron chi connectivity index (χ3n) is 15.3. The molecule has 0 bridgehead atoms. The first-order valence-corrected chi connectivity index (χ1v) is 34.1. The number of unbranched alkanes of at least 4 members (excludes halogenated alkanes) is 44. The number of rotatable bonds is 63. The molecule has 0 spiro atoms. The summed E-state index contributed by atoms with van der Waals surface area (Å²) in [6.07, 6.45) is 82.9. The van der Waals surface area contributed by atoms with Crippen molar-refractivity contribution in [2.75, 3.05) is 13.2 Å². The van der Waals surface area contributed by atoms with E-state index >= 15 is 0 Å². The lowest BCUT2D eigenvalue weighted by atomic mass is 10.0. The van der Waals surface area contributed by atoms with Crippen molar-refractivity contribution in [3.8, 4) is 0 Å². The van der Waals surface area contributed by atoms with E-state index < -0.39 is 6.10 Å². The zero-order chi connectivity index (χ0) is 55.7. The monoisotopic (exact) mass is 1080 g/mol. The molecule has 0 aromatic rings. The van der Waals surface area contributed by atoms with Crippen molar-refractivity contribution >= 4 is 17.9 Å². The molecule has 1 unspecified atom stereocenters. The quantitative estimate of drug-likeness (QED) is 0.0261. The molecule has 1 atom stereocenters. The molecule has 6 heteroatoms. The normalized spacial score (nSPS) is 12.3. The first-order chi connectivity index (χ1) is 38.0. The largest absolute Gasteiger partial charge is 0.462 e. The molecule has 0 heterocycles. The van der Waals surface area contributed by atoms with Crippen LogP contribution in [0.25, 0.3) is 0 Å². The van der Waals surface area contributed by atoms with Crippen molar-refractivity contribution in [2.45, 2.75) is 374 Å². The molecule has 0 aliphatic rings. The van der Waals surface area contributed by atoms with Crippen LogP contribution < -0.4 is 0 Å². The van der Waals surface area contributed by atoms with Crippen molar-refractivity contribution in [1.82, 2.24) is 0 Å². The zero-order valence-corrected chi connectivity index (χ0v) is 51.7. The number of carbonyl (C=O) groups is 3. The molecule has 0 aliphatic carbocycles. The molecule has 0 saturated carbocycles. The van der Waals surface area contributed by atoms with Crippen molar-refractivity contribution in [1.29, 1.82) is 0 Å². The van der Waals surface area contributed by atoms with Gasteiger partial charge in [-0.3, -0.25) is 14.4 Å². The highest BCUT2D eigenvalue weighted by Gasteiger charge is 2.19. The predicted molar refractivity (Wildman–Crippen MR) is 335 cm³/mol. The third kappa shape index (κ3) is 64.1. The van der Waals surface area contributed by atoms with Gasteiger partial charge in [0.25, 0.3) is 0 Å². The minimum Gasteiger partial charge on any atom is -0.462 e. The first-order valence-electron chi connectivity index (χ1n) is 34.1. The molecule has 0 aliphatic heterocycles. The molecular weight excluding hydrogens is 949 g/mol. The Bertz CT molecular complexity index is 1330. The molecule has 0 radical (unpaired) electrons. The number of hydrogen-bond donors (Lipinski definition) is 0. The van der Waals surface area contributed by atoms with E-state index in [1.165, 1.54) is 244 Å². The van der Waals surface area contributed by atoms with Crippen LogP contribution >= 0.6 is 0 Å². The summed E-state index contributed by atoms with van der Waals surface area (Å²) in [7, 11) is 0. The second kappa shape index (κ2) is 65.9. The molecule has 450 valence electrons. The SMILES string of the molecule is CC/C=C\C/C=C\C/C=C\CCCCCC(=O)OCC(COC(=O)CCCCCCCCCCCCCCC/C=C\CCCCCCCCCC)OC(=O)CCCCCCCCCCCCCCCCCCCCCCC. The second-order valence-electron chi connectivity index (χ2n) is 23.1. The molecule has 0 fully saturated rings. The fourth-order valence-electron chi connectivity index (χ4n) is 10.2. The van der Waals surface area contributed by atoms with Gasteiger partial charge in [-0.1, -0.05) is 320 Å². The Morgan fingerprint density at radius 2 is 0.506 bits per heavy atom. The van der Waals surface area contributed by atoms with Crippen molar-refractivity contribution in [3.63, 3.8) is 0 Å². The van der Waals surface area contributed by atoms with Gasteiger partial charge in [0.1, 0.15) is 13.2 Å². The smallest absolute Gasteiger partial charge is 0.306 e. The van der Waals surface area contributed by atoms with Gasteiger partial charge in [-0.15, -0.1) is 0 Å². The Hall–Kier alpha value is -2.63. The van der Waals surface area contributed by atoms with E-state index in [1.807, 2.05) is 0 Å². The number of hydrogen-bond acceptors (Lipinski definition) is 6. The van der Waals surface area contributed by atoms with Gasteiger partial charge in [0, 0.05) is 19.3 Å². The minimum atomic E-state index is -0.784. The summed E-state index contributed by atoms with van der Waals surface area (Å²) in [6, 6.07) is 0. The van der Waals surface area contributed by atoms with Crippen molar-refractivity contribution in [2.24, 2.45) is 0 Å². The molecule has 0 saturated heterocycles. The molecule has 0 rings (SSSR count). The van der Waals surface area contributed by atoms with E-state index in [9.17, 15) is 14.4 Å². The lowest BCUT2D eigenvalue weighted by Gasteiger charge is -2.18. The van der Waals surface area contributed by atoms with Gasteiger partial charge in [-0.05, 0) is 77.0 Å². The van der Waals surface area contributed by atoms with E-state index in [0.29, 0.717) is 19.3 Å². The lowest BCUT2D eigenvalue weighted by Crippen LogP contribution is -2.30. The fourth-order valence-corrected chi connectivity index (χ4v) is 10.2. The van der Waals surface area contributed by atoms with Crippen LogP contribution in [0.5, 0.6) is 0 Å². The van der Waals surface area contributed by atoms with Gasteiger partial charge in [-0.2, -0.15) is 0 Å². The lowest BCUT2D eigenvalue weighted by molar-refractivity contribution is -0.167. The summed E-state index contributed by atoms with van der Waals surface area (Å²) in [6.45, 7) is 6.57. The van der Waals surface area contributed by atoms with Crippen LogP contribution in [-0.4, -0.2) is 37.2 Å². The van der Waals surface area contributed by atoms with Gasteiger partial charge in [-0.25, -0.2) is 0 Å². The van der Waals surface area contributed by atoms with Crippen LogP contribution in [0.4, 0.5) is 0 Å². The molecule has 0 N–H and O–H groups in total. The highest BCUT2D eigenvalue weighted by atomic mass is 16.6. The Labute approximate surface area is 479 Å². The van der Waals surface area contributed by atoms with E-state index in [4.69, 9.17) is 14.2 Å². The average molecular weight is 1080 g/mol. The summed E-state index contributed by atoms with van der Waals surface area (Å²) < 4.78 is 16.9. The molecule has 77 heavy (non-hydrogen) atoms. The Morgan fingerprint density at radius 1 is 0.273 bits per heavy atom. The summed E-state index contributed by atoms with van der Waals surface area (Å²) in [5.41, 5.74) is 0. The standard InChI is InChI=1S/C71H130O6/c1-4-7-10-13-16-19-22-25-27-29-31-33-34-35-36-38-39-41-43-46-49-52-55-58-61-64-70(73)76-67-68(66-75-69(72)63-60-57-54-51-48-45-24-21-18-15-12-9-6-3)77-71(74)65-62-59-56-53-50-47-44-42-40-37-32-30-28-26-23-20-17-14-11-8-5-2/h9,12,18,21,29,31,45,48,68H,4-8,10-11,13-17,19-20,22-28,30,32-44,46-47,49-67H2,1-3H3/b12-9-,21-18-,31-29-,48-45-. The first kappa shape index (κ1) is 74.4. The van der Waals surface area contributed by atoms with E-state index in [2.05, 4.69) is 69.4 Å². The van der Waals surface area contributed by atoms with Crippen LogP contribution in [0.3, 0.4) is 0 Å². The maximum atomic E-state index is 12.9. The highest BCUT2D eigenvalue weighted by molar-refractivity contribution is 5.71. The van der Waals surface area contributed by atoms with Crippen LogP contribution in [0, 0.1) is 0 Å². The van der Waals surface area contributed by atoms with Gasteiger partial charge in [0.05, 0.1) is 0 Å². The maximum Gasteiger partial charge on any atom is 0.306 e. The van der Waals surface area contributed by atoms with Gasteiger partial charge >= 0.3 is 17.9 Å². The molecular formula is C71H130O6. The third-order valence-corrected chi connectivity index (χ3v) is 15.3. The van der Waals surface area contributed by atoms with Crippen molar-refractivity contribution < 1.29 is 28.6 Å². The van der Waals surface area contributed by atoms with Crippen LogP contribution in [0.1, 0.15) is 367 Å². The summed E-state index contributed by atoms with van der Waals surface area (Å²) in [5, 5.41) is 0. The fraction of sp³-hybridized carbons (Fsp3) is 0.845. The molecule has 6 nitrogen and oxygen atoms in total. The summed E-state index contributed by atoms with van der Waals surface area (Å²) in [4.78, 5) is 38.3. The second-order valence-corrected chi connectivity index (χ2v) is 23.1. The number of esters is 3. The minimum absolute atomic E-state index is 0.0785. The molecule has 0 amide bonds. The highest BCUT2D eigenvalue weighted by Crippen LogP contribution is 2.18. The van der Waals surface area contributed by atoms with Crippen molar-refractivity contribution in [3.05, 3.63) is 48.6 Å². The summed E-state index contributed by atoms with van der Waals surface area (Å²) in [5.74, 6) is -0.885. The predicted octanol–water partition coefficient (Wildman–Crippen LogP) is 23.3. The Kier molecular flexibility index (Phi) is 63.6. The maximum absolute atomic E-state index is 12.9. The molecule has 0 aromatic heterocycles. The number of ether oxygens (including phenoxy) is 3. The van der Waals surface area contributed by atoms with E-state index in [-0.39, 0.29) is 31.1 Å². The van der Waals surface area contributed by atoms with Gasteiger partial charge < -0.3 is 14.2 Å². The summed E-state index contributed by atoms with van der Waals surface area (Å²) >= 11 is 0. The van der Waals surface area contributed by atoms with E-state index in [0.717, 1.165) is 83.5 Å². The Morgan fingerprint density at radius 3 is 0.818 bits per heavy atom. The van der Waals surface area contributed by atoms with Gasteiger partial charge in [0.15, 0.2) is 6.10 Å². The average Bonchev–Trinajstić information content (AvgIpc) is 3.43.